The third-order valence-corrected chi connectivity index (χ3v) is 3.68. The Balaban J connectivity index is 2.51. The van der Waals surface area contributed by atoms with Crippen LogP contribution in [0.1, 0.15) is 37.3 Å². The maximum atomic E-state index is 6.40. The summed E-state index contributed by atoms with van der Waals surface area (Å²) in [5.41, 5.74) is 7.97. The average Bonchev–Trinajstić information content (AvgIpc) is 2.37. The summed E-state index contributed by atoms with van der Waals surface area (Å²) in [6.45, 7) is 6.12. The summed E-state index contributed by atoms with van der Waals surface area (Å²) in [6, 6.07) is 1.87. The van der Waals surface area contributed by atoms with Gasteiger partial charge in [-0.3, -0.25) is 0 Å². The molecule has 0 aromatic heterocycles. The van der Waals surface area contributed by atoms with Crippen molar-refractivity contribution < 1.29 is 9.47 Å². The van der Waals surface area contributed by atoms with Gasteiger partial charge in [0.2, 0.25) is 0 Å². The molecule has 0 saturated carbocycles. The van der Waals surface area contributed by atoms with Gasteiger partial charge in [0, 0.05) is 16.7 Å². The van der Waals surface area contributed by atoms with Crippen LogP contribution in [0.4, 0.5) is 0 Å². The normalized spacial score (nSPS) is 15.6. The highest BCUT2D eigenvalue weighted by Gasteiger charge is 2.23. The smallest absolute Gasteiger partial charge is 0.164 e. The second-order valence-electron chi connectivity index (χ2n) is 4.61. The van der Waals surface area contributed by atoms with Gasteiger partial charge in [-0.25, -0.2) is 0 Å². The number of fused-ring (bicyclic) bond motifs is 1. The van der Waals surface area contributed by atoms with Crippen molar-refractivity contribution in [3.63, 3.8) is 0 Å². The molecule has 1 heterocycles. The van der Waals surface area contributed by atoms with Crippen molar-refractivity contribution >= 4 is 11.6 Å². The van der Waals surface area contributed by atoms with Gasteiger partial charge in [-0.05, 0) is 30.9 Å². The molecule has 0 radical (unpaired) electrons. The lowest BCUT2D eigenvalue weighted by molar-refractivity contribution is 0.169. The molecule has 1 aliphatic heterocycles. The van der Waals surface area contributed by atoms with Gasteiger partial charge < -0.3 is 15.2 Å². The molecule has 1 aliphatic rings. The fourth-order valence-electron chi connectivity index (χ4n) is 2.51. The van der Waals surface area contributed by atoms with Crippen molar-refractivity contribution in [2.75, 3.05) is 19.8 Å². The third kappa shape index (κ3) is 2.43. The Labute approximate surface area is 113 Å². The van der Waals surface area contributed by atoms with Crippen molar-refractivity contribution in [1.82, 2.24) is 0 Å². The molecule has 3 nitrogen and oxygen atoms in total. The fraction of sp³-hybridized carbons (Fsp3) is 0.571. The van der Waals surface area contributed by atoms with Crippen LogP contribution < -0.4 is 15.2 Å². The molecule has 0 amide bonds. The monoisotopic (exact) mass is 269 g/mol. The van der Waals surface area contributed by atoms with E-state index in [1.165, 1.54) is 0 Å². The van der Waals surface area contributed by atoms with E-state index in [2.05, 4.69) is 13.8 Å². The van der Waals surface area contributed by atoms with Crippen molar-refractivity contribution in [2.45, 2.75) is 32.6 Å². The Morgan fingerprint density at radius 1 is 1.39 bits per heavy atom. The Bertz CT molecular complexity index is 434. The first kappa shape index (κ1) is 13.5. The average molecular weight is 270 g/mol. The molecule has 1 aromatic rings. The summed E-state index contributed by atoms with van der Waals surface area (Å²) in [5.74, 6) is 1.98. The number of halogens is 1. The van der Waals surface area contributed by atoms with E-state index in [-0.39, 0.29) is 0 Å². The minimum absolute atomic E-state index is 0.341. The highest BCUT2D eigenvalue weighted by atomic mass is 35.5. The van der Waals surface area contributed by atoms with Crippen molar-refractivity contribution in [1.29, 1.82) is 0 Å². The van der Waals surface area contributed by atoms with Crippen LogP contribution in [0.15, 0.2) is 6.07 Å². The maximum absolute atomic E-state index is 6.40. The van der Waals surface area contributed by atoms with Crippen LogP contribution in [0.25, 0.3) is 0 Å². The summed E-state index contributed by atoms with van der Waals surface area (Å²) in [6.07, 6.45) is 1.81. The van der Waals surface area contributed by atoms with Gasteiger partial charge in [0.05, 0.1) is 0 Å². The zero-order chi connectivity index (χ0) is 13.1. The predicted molar refractivity (Wildman–Crippen MR) is 73.9 cm³/mol. The first-order valence-electron chi connectivity index (χ1n) is 6.50. The highest BCUT2D eigenvalue weighted by molar-refractivity contribution is 6.31. The SMILES string of the molecule is CCc1c2c(cc(Cl)c1C(C)CCN)OCCO2. The Hall–Kier alpha value is -0.930. The van der Waals surface area contributed by atoms with Gasteiger partial charge in [-0.1, -0.05) is 25.4 Å². The molecule has 0 fully saturated rings. The summed E-state index contributed by atoms with van der Waals surface area (Å²) in [7, 11) is 0. The first-order chi connectivity index (χ1) is 8.69. The molecule has 1 atom stereocenters. The first-order valence-corrected chi connectivity index (χ1v) is 6.87. The number of benzene rings is 1. The Kier molecular flexibility index (Phi) is 4.36. The van der Waals surface area contributed by atoms with Crippen molar-refractivity contribution in [3.05, 3.63) is 22.2 Å². The van der Waals surface area contributed by atoms with Crippen LogP contribution in [-0.4, -0.2) is 19.8 Å². The molecule has 0 spiro atoms. The van der Waals surface area contributed by atoms with Gasteiger partial charge in [-0.2, -0.15) is 0 Å². The molecule has 2 rings (SSSR count). The van der Waals surface area contributed by atoms with Gasteiger partial charge >= 0.3 is 0 Å². The van der Waals surface area contributed by atoms with E-state index in [0.29, 0.717) is 25.7 Å². The van der Waals surface area contributed by atoms with Gasteiger partial charge in [0.25, 0.3) is 0 Å². The summed E-state index contributed by atoms with van der Waals surface area (Å²) >= 11 is 6.40. The Morgan fingerprint density at radius 3 is 2.78 bits per heavy atom. The highest BCUT2D eigenvalue weighted by Crippen LogP contribution is 2.43. The van der Waals surface area contributed by atoms with Gasteiger partial charge in [-0.15, -0.1) is 0 Å². The van der Waals surface area contributed by atoms with Gasteiger partial charge in [0.1, 0.15) is 13.2 Å². The van der Waals surface area contributed by atoms with Crippen LogP contribution in [-0.2, 0) is 6.42 Å². The molecule has 0 bridgehead atoms. The second-order valence-corrected chi connectivity index (χ2v) is 5.01. The lowest BCUT2D eigenvalue weighted by Crippen LogP contribution is -2.18. The molecule has 2 N–H and O–H groups in total. The topological polar surface area (TPSA) is 44.5 Å². The summed E-state index contributed by atoms with van der Waals surface area (Å²) in [5, 5.41) is 0.761. The number of ether oxygens (including phenoxy) is 2. The fourth-order valence-corrected chi connectivity index (χ4v) is 2.91. The van der Waals surface area contributed by atoms with Crippen molar-refractivity contribution in [2.24, 2.45) is 5.73 Å². The van der Waals surface area contributed by atoms with Gasteiger partial charge in [0.15, 0.2) is 11.5 Å². The van der Waals surface area contributed by atoms with E-state index in [0.717, 1.165) is 40.5 Å². The van der Waals surface area contributed by atoms with E-state index in [4.69, 9.17) is 26.8 Å². The molecule has 1 unspecified atom stereocenters. The van der Waals surface area contributed by atoms with Crippen LogP contribution in [0.5, 0.6) is 11.5 Å². The molecular weight excluding hydrogens is 250 g/mol. The maximum Gasteiger partial charge on any atom is 0.164 e. The molecule has 0 saturated heterocycles. The van der Waals surface area contributed by atoms with Crippen LogP contribution in [0.3, 0.4) is 0 Å². The van der Waals surface area contributed by atoms with Crippen LogP contribution in [0, 0.1) is 0 Å². The van der Waals surface area contributed by atoms with E-state index in [1.54, 1.807) is 0 Å². The summed E-state index contributed by atoms with van der Waals surface area (Å²) in [4.78, 5) is 0. The van der Waals surface area contributed by atoms with E-state index in [1.807, 2.05) is 6.07 Å². The Morgan fingerprint density at radius 2 is 2.11 bits per heavy atom. The molecule has 18 heavy (non-hydrogen) atoms. The van der Waals surface area contributed by atoms with E-state index >= 15 is 0 Å². The number of hydrogen-bond donors (Lipinski definition) is 1. The third-order valence-electron chi connectivity index (χ3n) is 3.37. The molecule has 100 valence electrons. The number of nitrogens with two attached hydrogens (primary N) is 1. The van der Waals surface area contributed by atoms with E-state index < -0.39 is 0 Å². The molecule has 4 heteroatoms. The quantitative estimate of drug-likeness (QED) is 0.913. The number of rotatable bonds is 4. The standard InChI is InChI=1S/C14H20ClNO2/c1-3-10-13(9(2)4-5-16)11(15)8-12-14(10)18-7-6-17-12/h8-9H,3-7,16H2,1-2H3. The minimum Gasteiger partial charge on any atom is -0.486 e. The molecular formula is C14H20ClNO2. The second kappa shape index (κ2) is 5.81. The molecule has 1 aromatic carbocycles. The number of hydrogen-bond acceptors (Lipinski definition) is 3. The zero-order valence-electron chi connectivity index (χ0n) is 11.0. The predicted octanol–water partition coefficient (Wildman–Crippen LogP) is 3.13. The largest absolute Gasteiger partial charge is 0.486 e. The summed E-state index contributed by atoms with van der Waals surface area (Å²) < 4.78 is 11.4. The van der Waals surface area contributed by atoms with Crippen LogP contribution >= 0.6 is 11.6 Å². The lowest BCUT2D eigenvalue weighted by Gasteiger charge is -2.26. The van der Waals surface area contributed by atoms with Crippen molar-refractivity contribution in [3.8, 4) is 11.5 Å². The van der Waals surface area contributed by atoms with E-state index in [9.17, 15) is 0 Å². The molecule has 0 aliphatic carbocycles. The minimum atomic E-state index is 0.341. The van der Waals surface area contributed by atoms with Crippen LogP contribution in [0.2, 0.25) is 5.02 Å². The zero-order valence-corrected chi connectivity index (χ0v) is 11.7. The lowest BCUT2D eigenvalue weighted by atomic mass is 9.90.